The van der Waals surface area contributed by atoms with Crippen LogP contribution in [0.1, 0.15) is 39.5 Å². The van der Waals surface area contributed by atoms with Crippen LogP contribution >= 0.6 is 0 Å². The number of rotatable bonds is 3. The Morgan fingerprint density at radius 2 is 1.82 bits per heavy atom. The summed E-state index contributed by atoms with van der Waals surface area (Å²) in [6.07, 6.45) is 5.17. The van der Waals surface area contributed by atoms with Gasteiger partial charge in [-0.15, -0.1) is 0 Å². The lowest BCUT2D eigenvalue weighted by Gasteiger charge is -2.07. The van der Waals surface area contributed by atoms with Gasteiger partial charge in [-0.25, -0.2) is 0 Å². The van der Waals surface area contributed by atoms with Crippen molar-refractivity contribution < 1.29 is 0 Å². The molecule has 0 aromatic carbocycles. The highest BCUT2D eigenvalue weighted by molar-refractivity contribution is 5.16. The van der Waals surface area contributed by atoms with Crippen LogP contribution in [-0.2, 0) is 0 Å². The van der Waals surface area contributed by atoms with Gasteiger partial charge in [0, 0.05) is 0 Å². The van der Waals surface area contributed by atoms with Gasteiger partial charge in [0.1, 0.15) is 0 Å². The van der Waals surface area contributed by atoms with Gasteiger partial charge in [0.2, 0.25) is 0 Å². The van der Waals surface area contributed by atoms with Gasteiger partial charge >= 0.3 is 0 Å². The molecule has 1 aliphatic carbocycles. The summed E-state index contributed by atoms with van der Waals surface area (Å²) >= 11 is 0. The molecule has 0 radical (unpaired) electrons. The predicted octanol–water partition coefficient (Wildman–Crippen LogP) is 2.47. The van der Waals surface area contributed by atoms with Crippen LogP contribution in [0.4, 0.5) is 0 Å². The molecule has 0 spiro atoms. The third-order valence-electron chi connectivity index (χ3n) is 2.73. The number of hydrogen-bond donors (Lipinski definition) is 1. The molecule has 1 nitrogen and oxygen atoms in total. The maximum absolute atomic E-state index is 5.46. The summed E-state index contributed by atoms with van der Waals surface area (Å²) in [5, 5.41) is 0. The molecule has 64 valence electrons. The highest BCUT2D eigenvalue weighted by atomic mass is 14.5. The Labute approximate surface area is 69.7 Å². The van der Waals surface area contributed by atoms with Crippen molar-refractivity contribution in [2.24, 2.45) is 11.7 Å². The number of allylic oxidation sites excluding steroid dienone is 2. The smallest absolute Gasteiger partial charge is 0.00772 e. The molecule has 2 N–H and O–H groups in total. The molecular formula is C10H19N. The van der Waals surface area contributed by atoms with Crippen molar-refractivity contribution in [3.05, 3.63) is 11.1 Å². The molecule has 0 saturated carbocycles. The Morgan fingerprint density at radius 1 is 1.27 bits per heavy atom. The molecule has 0 aromatic rings. The summed E-state index contributed by atoms with van der Waals surface area (Å²) in [5.41, 5.74) is 8.70. The van der Waals surface area contributed by atoms with Crippen LogP contribution in [0.15, 0.2) is 11.1 Å². The van der Waals surface area contributed by atoms with E-state index in [-0.39, 0.29) is 0 Å². The first-order valence-electron chi connectivity index (χ1n) is 4.59. The van der Waals surface area contributed by atoms with E-state index in [1.54, 1.807) is 11.1 Å². The van der Waals surface area contributed by atoms with Gasteiger partial charge in [-0.2, -0.15) is 0 Å². The second-order valence-electron chi connectivity index (χ2n) is 3.77. The second kappa shape index (κ2) is 3.91. The minimum Gasteiger partial charge on any atom is -0.330 e. The molecule has 1 heteroatoms. The summed E-state index contributed by atoms with van der Waals surface area (Å²) < 4.78 is 0. The molecule has 0 fully saturated rings. The first-order chi connectivity index (χ1) is 5.24. The van der Waals surface area contributed by atoms with E-state index in [9.17, 15) is 0 Å². The highest BCUT2D eigenvalue weighted by Gasteiger charge is 2.17. The molecular weight excluding hydrogens is 134 g/mol. The standard InChI is InChI=1S/C10H19N/c1-8-6-10(4-3-5-11)7-9(8)2/h10H,3-7,11H2,1-2H3. The molecule has 11 heavy (non-hydrogen) atoms. The Bertz CT molecular complexity index is 144. The van der Waals surface area contributed by atoms with E-state index in [0.717, 1.165) is 12.5 Å². The SMILES string of the molecule is CC1=C(C)CC(CCCN)C1. The van der Waals surface area contributed by atoms with Gasteiger partial charge < -0.3 is 5.73 Å². The van der Waals surface area contributed by atoms with Crippen molar-refractivity contribution in [3.8, 4) is 0 Å². The quantitative estimate of drug-likeness (QED) is 0.619. The van der Waals surface area contributed by atoms with Crippen molar-refractivity contribution in [1.82, 2.24) is 0 Å². The summed E-state index contributed by atoms with van der Waals surface area (Å²) in [4.78, 5) is 0. The average Bonchev–Trinajstić information content (AvgIpc) is 2.28. The van der Waals surface area contributed by atoms with E-state index in [2.05, 4.69) is 13.8 Å². The first kappa shape index (κ1) is 8.79. The van der Waals surface area contributed by atoms with Crippen molar-refractivity contribution in [3.63, 3.8) is 0 Å². The zero-order valence-corrected chi connectivity index (χ0v) is 7.69. The summed E-state index contributed by atoms with van der Waals surface area (Å²) in [5.74, 6) is 0.915. The minimum absolute atomic E-state index is 0.856. The van der Waals surface area contributed by atoms with E-state index in [1.807, 2.05) is 0 Å². The molecule has 0 heterocycles. The normalized spacial score (nSPS) is 19.9. The van der Waals surface area contributed by atoms with E-state index < -0.39 is 0 Å². The second-order valence-corrected chi connectivity index (χ2v) is 3.77. The monoisotopic (exact) mass is 153 g/mol. The Balaban J connectivity index is 2.24. The molecule has 1 aliphatic rings. The van der Waals surface area contributed by atoms with Crippen LogP contribution < -0.4 is 5.73 Å². The number of hydrogen-bond acceptors (Lipinski definition) is 1. The summed E-state index contributed by atoms with van der Waals surface area (Å²) in [6.45, 7) is 5.38. The maximum atomic E-state index is 5.46. The topological polar surface area (TPSA) is 26.0 Å². The van der Waals surface area contributed by atoms with Crippen LogP contribution in [-0.4, -0.2) is 6.54 Å². The highest BCUT2D eigenvalue weighted by Crippen LogP contribution is 2.33. The maximum Gasteiger partial charge on any atom is -0.00772 e. The molecule has 0 aliphatic heterocycles. The van der Waals surface area contributed by atoms with Gasteiger partial charge in [-0.3, -0.25) is 0 Å². The zero-order chi connectivity index (χ0) is 8.27. The van der Waals surface area contributed by atoms with Crippen molar-refractivity contribution in [1.29, 1.82) is 0 Å². The summed E-state index contributed by atoms with van der Waals surface area (Å²) in [6, 6.07) is 0. The predicted molar refractivity (Wildman–Crippen MR) is 49.4 cm³/mol. The van der Waals surface area contributed by atoms with E-state index >= 15 is 0 Å². The van der Waals surface area contributed by atoms with Gasteiger partial charge in [0.25, 0.3) is 0 Å². The van der Waals surface area contributed by atoms with Gasteiger partial charge in [0.15, 0.2) is 0 Å². The van der Waals surface area contributed by atoms with Crippen LogP contribution in [0.5, 0.6) is 0 Å². The van der Waals surface area contributed by atoms with Crippen LogP contribution in [0.2, 0.25) is 0 Å². The first-order valence-corrected chi connectivity index (χ1v) is 4.59. The fraction of sp³-hybridized carbons (Fsp3) is 0.800. The fourth-order valence-electron chi connectivity index (χ4n) is 1.90. The van der Waals surface area contributed by atoms with Crippen LogP contribution in [0.3, 0.4) is 0 Å². The molecule has 0 aromatic heterocycles. The van der Waals surface area contributed by atoms with Crippen molar-refractivity contribution in [2.45, 2.75) is 39.5 Å². The lowest BCUT2D eigenvalue weighted by atomic mass is 9.99. The molecule has 0 amide bonds. The van der Waals surface area contributed by atoms with E-state index in [0.29, 0.717) is 0 Å². The fourth-order valence-corrected chi connectivity index (χ4v) is 1.90. The Kier molecular flexibility index (Phi) is 3.13. The molecule has 0 atom stereocenters. The average molecular weight is 153 g/mol. The zero-order valence-electron chi connectivity index (χ0n) is 7.69. The molecule has 0 unspecified atom stereocenters. The van der Waals surface area contributed by atoms with Crippen molar-refractivity contribution in [2.75, 3.05) is 6.54 Å². The van der Waals surface area contributed by atoms with Crippen LogP contribution in [0, 0.1) is 5.92 Å². The minimum atomic E-state index is 0.856. The van der Waals surface area contributed by atoms with Gasteiger partial charge in [-0.1, -0.05) is 11.1 Å². The third kappa shape index (κ3) is 2.33. The molecule has 0 saturated heterocycles. The van der Waals surface area contributed by atoms with Gasteiger partial charge in [-0.05, 0) is 52.0 Å². The summed E-state index contributed by atoms with van der Waals surface area (Å²) in [7, 11) is 0. The van der Waals surface area contributed by atoms with Crippen molar-refractivity contribution >= 4 is 0 Å². The largest absolute Gasteiger partial charge is 0.330 e. The van der Waals surface area contributed by atoms with Crippen LogP contribution in [0.25, 0.3) is 0 Å². The number of nitrogens with two attached hydrogens (primary N) is 1. The Morgan fingerprint density at radius 3 is 2.27 bits per heavy atom. The third-order valence-corrected chi connectivity index (χ3v) is 2.73. The van der Waals surface area contributed by atoms with Gasteiger partial charge in [0.05, 0.1) is 0 Å². The van der Waals surface area contributed by atoms with E-state index in [4.69, 9.17) is 5.73 Å². The lowest BCUT2D eigenvalue weighted by molar-refractivity contribution is 0.493. The lowest BCUT2D eigenvalue weighted by Crippen LogP contribution is -2.02. The molecule has 1 rings (SSSR count). The Hall–Kier alpha value is -0.300. The molecule has 0 bridgehead atoms. The van der Waals surface area contributed by atoms with E-state index in [1.165, 1.54) is 25.7 Å².